The standard InChI is InChI=1S/C17H19ClN6OS.HI/c1-3-13-8-20-15(26-13)10-22-17(19-2)21-9-14-23-16(24-25-14)11-5-4-6-12(18)7-11;/h4-8H,3,9-10H2,1-2H3,(H2,19,21,22);1H. The van der Waals surface area contributed by atoms with Crippen molar-refractivity contribution in [3.8, 4) is 11.4 Å². The van der Waals surface area contributed by atoms with Crippen LogP contribution in [0.5, 0.6) is 0 Å². The van der Waals surface area contributed by atoms with Gasteiger partial charge in [0.05, 0.1) is 13.1 Å². The van der Waals surface area contributed by atoms with Crippen LogP contribution in [-0.4, -0.2) is 28.1 Å². The van der Waals surface area contributed by atoms with Gasteiger partial charge < -0.3 is 15.2 Å². The van der Waals surface area contributed by atoms with Gasteiger partial charge in [0, 0.05) is 28.7 Å². The molecule has 0 atom stereocenters. The lowest BCUT2D eigenvalue weighted by Gasteiger charge is -2.08. The van der Waals surface area contributed by atoms with Crippen molar-refractivity contribution in [1.82, 2.24) is 25.8 Å². The van der Waals surface area contributed by atoms with Gasteiger partial charge in [-0.2, -0.15) is 4.98 Å². The van der Waals surface area contributed by atoms with E-state index < -0.39 is 0 Å². The fraction of sp³-hybridized carbons (Fsp3) is 0.294. The Bertz CT molecular complexity index is 897. The van der Waals surface area contributed by atoms with Gasteiger partial charge in [0.15, 0.2) is 5.96 Å². The molecule has 144 valence electrons. The van der Waals surface area contributed by atoms with Gasteiger partial charge in [-0.3, -0.25) is 4.99 Å². The maximum Gasteiger partial charge on any atom is 0.246 e. The van der Waals surface area contributed by atoms with E-state index in [4.69, 9.17) is 16.1 Å². The van der Waals surface area contributed by atoms with Crippen LogP contribution in [0.2, 0.25) is 5.02 Å². The molecular weight excluding hydrogens is 499 g/mol. The number of rotatable bonds is 6. The minimum Gasteiger partial charge on any atom is -0.350 e. The van der Waals surface area contributed by atoms with Crippen molar-refractivity contribution < 1.29 is 4.52 Å². The van der Waals surface area contributed by atoms with Gasteiger partial charge in [0.25, 0.3) is 0 Å². The highest BCUT2D eigenvalue weighted by Crippen LogP contribution is 2.19. The van der Waals surface area contributed by atoms with Crippen LogP contribution in [0.25, 0.3) is 11.4 Å². The summed E-state index contributed by atoms with van der Waals surface area (Å²) >= 11 is 7.69. The second-order valence-corrected chi connectivity index (χ2v) is 7.01. The molecule has 0 spiro atoms. The topological polar surface area (TPSA) is 88.2 Å². The summed E-state index contributed by atoms with van der Waals surface area (Å²) in [7, 11) is 1.71. The van der Waals surface area contributed by atoms with Gasteiger partial charge in [0.2, 0.25) is 11.7 Å². The highest BCUT2D eigenvalue weighted by molar-refractivity contribution is 14.0. The molecule has 2 heterocycles. The Kier molecular flexibility index (Phi) is 8.45. The largest absolute Gasteiger partial charge is 0.350 e. The third-order valence-corrected chi connectivity index (χ3v) is 4.92. The first-order chi connectivity index (χ1) is 12.7. The molecule has 0 amide bonds. The number of nitrogens with zero attached hydrogens (tertiary/aromatic N) is 4. The van der Waals surface area contributed by atoms with Crippen LogP contribution in [0, 0.1) is 0 Å². The Labute approximate surface area is 183 Å². The lowest BCUT2D eigenvalue weighted by molar-refractivity contribution is 0.375. The smallest absolute Gasteiger partial charge is 0.246 e. The molecule has 10 heteroatoms. The number of aromatic nitrogens is 3. The van der Waals surface area contributed by atoms with Crippen molar-refractivity contribution in [3.63, 3.8) is 0 Å². The summed E-state index contributed by atoms with van der Waals surface area (Å²) in [6, 6.07) is 7.32. The van der Waals surface area contributed by atoms with Crippen LogP contribution in [0.4, 0.5) is 0 Å². The predicted octanol–water partition coefficient (Wildman–Crippen LogP) is 3.89. The molecule has 0 aliphatic carbocycles. The van der Waals surface area contributed by atoms with E-state index in [9.17, 15) is 0 Å². The molecule has 27 heavy (non-hydrogen) atoms. The molecular formula is C17H20ClIN6OS. The lowest BCUT2D eigenvalue weighted by atomic mass is 10.2. The summed E-state index contributed by atoms with van der Waals surface area (Å²) in [5.41, 5.74) is 0.811. The van der Waals surface area contributed by atoms with Crippen molar-refractivity contribution in [1.29, 1.82) is 0 Å². The zero-order chi connectivity index (χ0) is 18.4. The molecule has 2 N–H and O–H groups in total. The average Bonchev–Trinajstić information content (AvgIpc) is 3.31. The van der Waals surface area contributed by atoms with Crippen LogP contribution in [-0.2, 0) is 19.5 Å². The average molecular weight is 519 g/mol. The normalized spacial score (nSPS) is 11.1. The van der Waals surface area contributed by atoms with Crippen LogP contribution in [0.3, 0.4) is 0 Å². The minimum absolute atomic E-state index is 0. The Morgan fingerprint density at radius 1 is 1.30 bits per heavy atom. The zero-order valence-electron chi connectivity index (χ0n) is 14.9. The zero-order valence-corrected chi connectivity index (χ0v) is 18.8. The van der Waals surface area contributed by atoms with E-state index in [1.165, 1.54) is 4.88 Å². The van der Waals surface area contributed by atoms with E-state index in [-0.39, 0.29) is 24.0 Å². The number of nitrogens with one attached hydrogen (secondary N) is 2. The molecule has 7 nitrogen and oxygen atoms in total. The van der Waals surface area contributed by atoms with E-state index in [2.05, 4.69) is 37.7 Å². The van der Waals surface area contributed by atoms with Crippen LogP contribution >= 0.6 is 46.9 Å². The molecule has 0 fully saturated rings. The maximum atomic E-state index is 5.99. The second-order valence-electron chi connectivity index (χ2n) is 5.38. The molecule has 0 saturated heterocycles. The fourth-order valence-electron chi connectivity index (χ4n) is 2.20. The van der Waals surface area contributed by atoms with Crippen molar-refractivity contribution in [2.24, 2.45) is 4.99 Å². The monoisotopic (exact) mass is 518 g/mol. The highest BCUT2D eigenvalue weighted by atomic mass is 127. The number of hydrogen-bond donors (Lipinski definition) is 2. The molecule has 1 aromatic carbocycles. The van der Waals surface area contributed by atoms with Crippen LogP contribution in [0.15, 0.2) is 40.0 Å². The minimum atomic E-state index is 0. The van der Waals surface area contributed by atoms with Crippen molar-refractivity contribution >= 4 is 52.9 Å². The van der Waals surface area contributed by atoms with E-state index in [0.29, 0.717) is 35.8 Å². The van der Waals surface area contributed by atoms with Crippen LogP contribution in [0.1, 0.15) is 22.7 Å². The summed E-state index contributed by atoms with van der Waals surface area (Å²) in [6.45, 7) is 3.10. The van der Waals surface area contributed by atoms with Gasteiger partial charge in [-0.15, -0.1) is 35.3 Å². The Balaban J connectivity index is 0.00000261. The molecule has 0 saturated carbocycles. The van der Waals surface area contributed by atoms with E-state index >= 15 is 0 Å². The van der Waals surface area contributed by atoms with Gasteiger partial charge >= 0.3 is 0 Å². The number of guanidine groups is 1. The molecule has 2 aromatic heterocycles. The SMILES string of the molecule is CCc1cnc(CNC(=NC)NCc2nc(-c3cccc(Cl)c3)no2)s1.I. The quantitative estimate of drug-likeness (QED) is 0.292. The van der Waals surface area contributed by atoms with E-state index in [1.807, 2.05) is 18.3 Å². The first-order valence-electron chi connectivity index (χ1n) is 8.14. The van der Waals surface area contributed by atoms with Crippen LogP contribution < -0.4 is 10.6 Å². The van der Waals surface area contributed by atoms with Crippen molar-refractivity contribution in [2.45, 2.75) is 26.4 Å². The Morgan fingerprint density at radius 2 is 2.11 bits per heavy atom. The number of halogens is 2. The van der Waals surface area contributed by atoms with Gasteiger partial charge in [-0.25, -0.2) is 4.98 Å². The Hall–Kier alpha value is -1.72. The van der Waals surface area contributed by atoms with Gasteiger partial charge in [-0.05, 0) is 18.6 Å². The third kappa shape index (κ3) is 6.15. The summed E-state index contributed by atoms with van der Waals surface area (Å²) in [4.78, 5) is 14.2. The van der Waals surface area contributed by atoms with Crippen molar-refractivity contribution in [2.75, 3.05) is 7.05 Å². The molecule has 0 aliphatic heterocycles. The summed E-state index contributed by atoms with van der Waals surface area (Å²) in [5, 5.41) is 12.0. The molecule has 3 aromatic rings. The van der Waals surface area contributed by atoms with Crippen molar-refractivity contribution in [3.05, 3.63) is 51.3 Å². The second kappa shape index (κ2) is 10.6. The maximum absolute atomic E-state index is 5.99. The molecule has 0 unspecified atom stereocenters. The number of benzene rings is 1. The fourth-order valence-corrected chi connectivity index (χ4v) is 3.20. The summed E-state index contributed by atoms with van der Waals surface area (Å²) < 4.78 is 5.27. The number of aryl methyl sites for hydroxylation is 1. The van der Waals surface area contributed by atoms with Gasteiger partial charge in [0.1, 0.15) is 5.01 Å². The summed E-state index contributed by atoms with van der Waals surface area (Å²) in [5.74, 6) is 1.60. The summed E-state index contributed by atoms with van der Waals surface area (Å²) in [6.07, 6.45) is 2.91. The number of aliphatic imine (C=N–C) groups is 1. The lowest BCUT2D eigenvalue weighted by Crippen LogP contribution is -2.36. The predicted molar refractivity (Wildman–Crippen MR) is 119 cm³/mol. The molecule has 0 radical (unpaired) electrons. The number of thiazole rings is 1. The Morgan fingerprint density at radius 3 is 2.81 bits per heavy atom. The van der Waals surface area contributed by atoms with E-state index in [1.54, 1.807) is 30.5 Å². The first-order valence-corrected chi connectivity index (χ1v) is 9.34. The third-order valence-electron chi connectivity index (χ3n) is 3.54. The van der Waals surface area contributed by atoms with E-state index in [0.717, 1.165) is 17.0 Å². The number of hydrogen-bond acceptors (Lipinski definition) is 6. The highest BCUT2D eigenvalue weighted by Gasteiger charge is 2.10. The molecule has 0 bridgehead atoms. The first kappa shape index (κ1) is 21.6. The molecule has 3 rings (SSSR count). The molecule has 0 aliphatic rings. The van der Waals surface area contributed by atoms with Gasteiger partial charge in [-0.1, -0.05) is 35.8 Å².